The molecule has 1 aromatic rings. The van der Waals surface area contributed by atoms with Crippen LogP contribution in [0.15, 0.2) is 24.0 Å². The molecule has 1 unspecified atom stereocenters. The van der Waals surface area contributed by atoms with Crippen molar-refractivity contribution < 1.29 is 22.7 Å². The van der Waals surface area contributed by atoms with E-state index in [9.17, 15) is 18.0 Å². The molecule has 1 saturated heterocycles. The standard InChI is InChI=1S/C25H34F3N3O2/c1-5-21(30-10-8-20-18(15-30)12-19(14-29-20)25(26,27)28)24(13-17-6-7-17)9-11-31(16-24)22(32)33-23(2,3)4/h5,12,14,17H,6-11,13,15-16H2,1-4H3/b21-5-. The van der Waals surface area contributed by atoms with Crippen molar-refractivity contribution in [3.05, 3.63) is 40.9 Å². The lowest BCUT2D eigenvalue weighted by Gasteiger charge is -2.42. The summed E-state index contributed by atoms with van der Waals surface area (Å²) in [7, 11) is 0. The molecular formula is C25H34F3N3O2. The molecule has 2 aliphatic heterocycles. The fraction of sp³-hybridized carbons (Fsp3) is 0.680. The van der Waals surface area contributed by atoms with Gasteiger partial charge in [0.1, 0.15) is 5.60 Å². The van der Waals surface area contributed by atoms with Crippen LogP contribution in [0.2, 0.25) is 0 Å². The average molecular weight is 466 g/mol. The number of likely N-dealkylation sites (tertiary alicyclic amines) is 1. The maximum Gasteiger partial charge on any atom is 0.417 e. The van der Waals surface area contributed by atoms with Crippen LogP contribution in [0.3, 0.4) is 0 Å². The molecule has 3 aliphatic rings. The minimum absolute atomic E-state index is 0.195. The highest BCUT2D eigenvalue weighted by atomic mass is 19.4. The molecule has 1 aliphatic carbocycles. The maximum absolute atomic E-state index is 13.3. The first-order chi connectivity index (χ1) is 15.4. The molecule has 0 radical (unpaired) electrons. The van der Waals surface area contributed by atoms with E-state index in [0.29, 0.717) is 44.1 Å². The monoisotopic (exact) mass is 465 g/mol. The predicted octanol–water partition coefficient (Wildman–Crippen LogP) is 5.79. The minimum atomic E-state index is -4.40. The van der Waals surface area contributed by atoms with Crippen molar-refractivity contribution in [2.24, 2.45) is 11.3 Å². The number of halogens is 3. The largest absolute Gasteiger partial charge is 0.444 e. The van der Waals surface area contributed by atoms with Gasteiger partial charge in [0.25, 0.3) is 0 Å². The van der Waals surface area contributed by atoms with Crippen molar-refractivity contribution in [3.63, 3.8) is 0 Å². The molecule has 1 saturated carbocycles. The molecular weight excluding hydrogens is 431 g/mol. The molecule has 0 spiro atoms. The Bertz CT molecular complexity index is 934. The molecule has 5 nitrogen and oxygen atoms in total. The fourth-order valence-electron chi connectivity index (χ4n) is 5.32. The van der Waals surface area contributed by atoms with Gasteiger partial charge in [-0.3, -0.25) is 4.98 Å². The molecule has 3 heterocycles. The molecule has 0 N–H and O–H groups in total. The van der Waals surface area contributed by atoms with E-state index in [1.165, 1.54) is 18.9 Å². The summed E-state index contributed by atoms with van der Waals surface area (Å²) in [6.07, 6.45) is 3.20. The summed E-state index contributed by atoms with van der Waals surface area (Å²) < 4.78 is 45.4. The van der Waals surface area contributed by atoms with Gasteiger partial charge in [0, 0.05) is 55.6 Å². The molecule has 2 fully saturated rings. The Kier molecular flexibility index (Phi) is 6.16. The van der Waals surface area contributed by atoms with Crippen LogP contribution < -0.4 is 0 Å². The zero-order valence-electron chi connectivity index (χ0n) is 20.0. The number of carbonyl (C=O) groups is 1. The average Bonchev–Trinajstić information content (AvgIpc) is 3.42. The van der Waals surface area contributed by atoms with E-state index in [1.54, 1.807) is 4.90 Å². The number of amides is 1. The third-order valence-electron chi connectivity index (χ3n) is 6.91. The maximum atomic E-state index is 13.3. The molecule has 4 rings (SSSR count). The van der Waals surface area contributed by atoms with Gasteiger partial charge in [-0.1, -0.05) is 18.9 Å². The number of nitrogens with zero attached hydrogens (tertiary/aromatic N) is 3. The third-order valence-corrected chi connectivity index (χ3v) is 6.91. The second kappa shape index (κ2) is 8.51. The van der Waals surface area contributed by atoms with E-state index < -0.39 is 17.3 Å². The summed E-state index contributed by atoms with van der Waals surface area (Å²) in [5.41, 5.74) is 1.08. The highest BCUT2D eigenvalue weighted by Gasteiger charge is 2.48. The first kappa shape index (κ1) is 23.9. The van der Waals surface area contributed by atoms with E-state index >= 15 is 0 Å². The van der Waals surface area contributed by atoms with Crippen molar-refractivity contribution in [1.82, 2.24) is 14.8 Å². The first-order valence-electron chi connectivity index (χ1n) is 11.8. The van der Waals surface area contributed by atoms with Crippen molar-refractivity contribution in [2.45, 2.75) is 78.1 Å². The lowest BCUT2D eigenvalue weighted by molar-refractivity contribution is -0.137. The van der Waals surface area contributed by atoms with Crippen molar-refractivity contribution in [1.29, 1.82) is 0 Å². The molecule has 182 valence electrons. The number of carbonyl (C=O) groups excluding carboxylic acids is 1. The van der Waals surface area contributed by atoms with Gasteiger partial charge < -0.3 is 14.5 Å². The van der Waals surface area contributed by atoms with Crippen molar-refractivity contribution >= 4 is 6.09 Å². The third kappa shape index (κ3) is 5.30. The van der Waals surface area contributed by atoms with Crippen LogP contribution in [0.25, 0.3) is 0 Å². The summed E-state index contributed by atoms with van der Waals surface area (Å²) >= 11 is 0. The quantitative estimate of drug-likeness (QED) is 0.565. The van der Waals surface area contributed by atoms with Crippen LogP contribution in [0.1, 0.15) is 70.2 Å². The SMILES string of the molecule is C/C=C(\N1CCc2ncc(C(F)(F)F)cc2C1)C1(CC2CC2)CCN(C(=O)OC(C)(C)C)C1. The zero-order chi connectivity index (χ0) is 24.0. The summed E-state index contributed by atoms with van der Waals surface area (Å²) in [5, 5.41) is 0. The number of hydrogen-bond donors (Lipinski definition) is 0. The number of aromatic nitrogens is 1. The number of fused-ring (bicyclic) bond motifs is 1. The topological polar surface area (TPSA) is 45.7 Å². The molecule has 0 aromatic carbocycles. The molecule has 1 aromatic heterocycles. The molecule has 8 heteroatoms. The number of hydrogen-bond acceptors (Lipinski definition) is 4. The number of pyridine rings is 1. The van der Waals surface area contributed by atoms with Gasteiger partial charge in [-0.25, -0.2) is 4.79 Å². The van der Waals surface area contributed by atoms with E-state index in [2.05, 4.69) is 16.0 Å². The molecule has 1 atom stereocenters. The van der Waals surface area contributed by atoms with Crippen LogP contribution in [0, 0.1) is 11.3 Å². The number of allylic oxidation sites excluding steroid dienone is 1. The van der Waals surface area contributed by atoms with Crippen LogP contribution >= 0.6 is 0 Å². The Morgan fingerprint density at radius 2 is 1.97 bits per heavy atom. The van der Waals surface area contributed by atoms with Crippen LogP contribution in [0.5, 0.6) is 0 Å². The molecule has 33 heavy (non-hydrogen) atoms. The molecule has 1 amide bonds. The van der Waals surface area contributed by atoms with Gasteiger partial charge in [-0.15, -0.1) is 0 Å². The van der Waals surface area contributed by atoms with Gasteiger partial charge in [0.15, 0.2) is 0 Å². The van der Waals surface area contributed by atoms with Gasteiger partial charge in [0.2, 0.25) is 0 Å². The number of ether oxygens (including phenoxy) is 1. The van der Waals surface area contributed by atoms with Gasteiger partial charge in [-0.2, -0.15) is 13.2 Å². The smallest absolute Gasteiger partial charge is 0.417 e. The number of alkyl halides is 3. The Hall–Kier alpha value is -2.25. The Balaban J connectivity index is 1.57. The van der Waals surface area contributed by atoms with Gasteiger partial charge in [0.05, 0.1) is 5.56 Å². The lowest BCUT2D eigenvalue weighted by Crippen LogP contribution is -2.42. The van der Waals surface area contributed by atoms with Crippen molar-refractivity contribution in [3.8, 4) is 0 Å². The summed E-state index contributed by atoms with van der Waals surface area (Å²) in [4.78, 5) is 20.9. The summed E-state index contributed by atoms with van der Waals surface area (Å²) in [5.74, 6) is 0.647. The Morgan fingerprint density at radius 1 is 1.24 bits per heavy atom. The predicted molar refractivity (Wildman–Crippen MR) is 119 cm³/mol. The second-order valence-electron chi connectivity index (χ2n) is 10.8. The first-order valence-corrected chi connectivity index (χ1v) is 11.8. The van der Waals surface area contributed by atoms with E-state index in [0.717, 1.165) is 30.4 Å². The summed E-state index contributed by atoms with van der Waals surface area (Å²) in [6, 6.07) is 1.25. The molecule has 0 bridgehead atoms. The Labute approximate surface area is 194 Å². The minimum Gasteiger partial charge on any atom is -0.444 e. The van der Waals surface area contributed by atoms with Gasteiger partial charge >= 0.3 is 12.3 Å². The Morgan fingerprint density at radius 3 is 2.58 bits per heavy atom. The van der Waals surface area contributed by atoms with Crippen LogP contribution in [-0.2, 0) is 23.9 Å². The fourth-order valence-corrected chi connectivity index (χ4v) is 5.32. The zero-order valence-corrected chi connectivity index (χ0v) is 20.0. The van der Waals surface area contributed by atoms with Crippen LogP contribution in [-0.4, -0.2) is 46.1 Å². The van der Waals surface area contributed by atoms with Crippen molar-refractivity contribution in [2.75, 3.05) is 19.6 Å². The highest BCUT2D eigenvalue weighted by Crippen LogP contribution is 2.50. The lowest BCUT2D eigenvalue weighted by atomic mass is 9.77. The normalized spacial score (nSPS) is 24.2. The van der Waals surface area contributed by atoms with E-state index in [1.807, 2.05) is 27.7 Å². The number of rotatable bonds is 4. The van der Waals surface area contributed by atoms with Crippen LogP contribution in [0.4, 0.5) is 18.0 Å². The van der Waals surface area contributed by atoms with E-state index in [-0.39, 0.29) is 11.5 Å². The van der Waals surface area contributed by atoms with E-state index in [4.69, 9.17) is 4.74 Å². The highest BCUT2D eigenvalue weighted by molar-refractivity contribution is 5.68. The van der Waals surface area contributed by atoms with Gasteiger partial charge in [-0.05, 0) is 58.1 Å². The summed E-state index contributed by atoms with van der Waals surface area (Å²) in [6.45, 7) is 9.93. The second-order valence-corrected chi connectivity index (χ2v) is 10.8.